The zero-order valence-electron chi connectivity index (χ0n) is 37.5. The van der Waals surface area contributed by atoms with Crippen LogP contribution in [0, 0.1) is 5.92 Å². The van der Waals surface area contributed by atoms with Crippen molar-refractivity contribution in [3.8, 4) is 22.3 Å². The molecule has 0 spiro atoms. The van der Waals surface area contributed by atoms with Gasteiger partial charge in [-0.25, -0.2) is 19.9 Å². The summed E-state index contributed by atoms with van der Waals surface area (Å²) in [5, 5.41) is 0. The van der Waals surface area contributed by atoms with E-state index >= 15 is 0 Å². The van der Waals surface area contributed by atoms with Gasteiger partial charge in [0.15, 0.2) is 23.3 Å². The van der Waals surface area contributed by atoms with Crippen LogP contribution in [0.5, 0.6) is 0 Å². The molecule has 4 atom stereocenters. The van der Waals surface area contributed by atoms with Gasteiger partial charge >= 0.3 is 0 Å². The highest BCUT2D eigenvalue weighted by Crippen LogP contribution is 2.62. The molecule has 0 saturated heterocycles. The van der Waals surface area contributed by atoms with E-state index < -0.39 is 0 Å². The van der Waals surface area contributed by atoms with Gasteiger partial charge in [0.25, 0.3) is 0 Å². The van der Waals surface area contributed by atoms with E-state index in [1.165, 1.54) is 38.9 Å². The normalized spacial score (nSPS) is 18.9. The predicted octanol–water partition coefficient (Wildman–Crippen LogP) is 13.9. The second-order valence-electron chi connectivity index (χ2n) is 18.1. The van der Waals surface area contributed by atoms with E-state index in [2.05, 4.69) is 191 Å². The van der Waals surface area contributed by atoms with Gasteiger partial charge in [-0.05, 0) is 118 Å². The molecule has 0 saturated carbocycles. The molecule has 0 radical (unpaired) electrons. The van der Waals surface area contributed by atoms with Crippen molar-refractivity contribution in [2.45, 2.75) is 51.4 Å². The molecule has 0 fully saturated rings. The number of fused-ring (bicyclic) bond motifs is 15. The summed E-state index contributed by atoms with van der Waals surface area (Å²) in [6.45, 7) is 9.47. The Bertz CT molecular complexity index is 3400. The maximum absolute atomic E-state index is 5.50. The monoisotopic (exact) mass is 868 g/mol. The number of para-hydroxylation sites is 4. The van der Waals surface area contributed by atoms with Crippen LogP contribution < -0.4 is 19.6 Å². The number of hydrogen-bond donors (Lipinski definition) is 0. The fourth-order valence-corrected chi connectivity index (χ4v) is 11.7. The third kappa shape index (κ3) is 5.98. The van der Waals surface area contributed by atoms with Crippen LogP contribution in [0.3, 0.4) is 0 Å². The van der Waals surface area contributed by atoms with E-state index in [0.29, 0.717) is 0 Å². The van der Waals surface area contributed by atoms with E-state index in [4.69, 9.17) is 26.5 Å². The zero-order valence-corrected chi connectivity index (χ0v) is 37.5. The van der Waals surface area contributed by atoms with E-state index in [1.807, 2.05) is 24.5 Å². The van der Waals surface area contributed by atoms with Gasteiger partial charge in [-0.2, -0.15) is 0 Å². The molecule has 324 valence electrons. The van der Waals surface area contributed by atoms with Crippen LogP contribution >= 0.6 is 0 Å². The summed E-state index contributed by atoms with van der Waals surface area (Å²) in [6.07, 6.45) is 5.74. The SMILES string of the molecule is C=C1CC2c3ccccc3N3c4nc5ccccc5nc4N(c4ccccc4)C3C2C2N(c3ccc(-c4ccccc4CC)cc3)c3nccnc3N2c2ccc(-c3ccccc3CC)cc21. The van der Waals surface area contributed by atoms with Crippen molar-refractivity contribution >= 4 is 62.6 Å². The Balaban J connectivity index is 1.09. The minimum Gasteiger partial charge on any atom is -0.301 e. The average molecular weight is 869 g/mol. The summed E-state index contributed by atoms with van der Waals surface area (Å²) in [6, 6.07) is 61.6. The van der Waals surface area contributed by atoms with Crippen molar-refractivity contribution in [3.63, 3.8) is 0 Å². The van der Waals surface area contributed by atoms with Gasteiger partial charge in [-0.1, -0.05) is 136 Å². The molecule has 4 aliphatic rings. The minimum atomic E-state index is -0.312. The van der Waals surface area contributed by atoms with Crippen LogP contribution in [0.1, 0.15) is 48.4 Å². The van der Waals surface area contributed by atoms with Gasteiger partial charge in [0.1, 0.15) is 12.3 Å². The van der Waals surface area contributed by atoms with Crippen molar-refractivity contribution in [2.24, 2.45) is 5.92 Å². The molecule has 9 aromatic rings. The molecule has 67 heavy (non-hydrogen) atoms. The molecule has 0 aliphatic carbocycles. The Morgan fingerprint density at radius 1 is 0.478 bits per heavy atom. The second-order valence-corrected chi connectivity index (χ2v) is 18.1. The highest BCUT2D eigenvalue weighted by Gasteiger charge is 2.59. The Morgan fingerprint density at radius 2 is 1.00 bits per heavy atom. The quantitative estimate of drug-likeness (QED) is 0.164. The van der Waals surface area contributed by atoms with Crippen molar-refractivity contribution in [3.05, 3.63) is 211 Å². The summed E-state index contributed by atoms with van der Waals surface area (Å²) in [4.78, 5) is 31.5. The summed E-state index contributed by atoms with van der Waals surface area (Å²) in [5.41, 5.74) is 17.1. The highest BCUT2D eigenvalue weighted by atomic mass is 15.5. The number of nitrogens with zero attached hydrogens (tertiary/aromatic N) is 8. The van der Waals surface area contributed by atoms with Crippen LogP contribution in [-0.2, 0) is 12.8 Å². The van der Waals surface area contributed by atoms with Crippen molar-refractivity contribution in [1.82, 2.24) is 19.9 Å². The molecule has 7 aromatic carbocycles. The molecule has 4 aliphatic heterocycles. The maximum atomic E-state index is 5.50. The first-order valence-corrected chi connectivity index (χ1v) is 23.6. The Kier molecular flexibility index (Phi) is 9.10. The van der Waals surface area contributed by atoms with E-state index in [-0.39, 0.29) is 24.2 Å². The Hall–Kier alpha value is -8.10. The molecule has 0 amide bonds. The van der Waals surface area contributed by atoms with Crippen molar-refractivity contribution < 1.29 is 0 Å². The second kappa shape index (κ2) is 15.5. The fourth-order valence-electron chi connectivity index (χ4n) is 11.7. The summed E-state index contributed by atoms with van der Waals surface area (Å²) >= 11 is 0. The van der Waals surface area contributed by atoms with Gasteiger partial charge in [0.05, 0.1) is 16.7 Å². The number of hydrogen-bond acceptors (Lipinski definition) is 8. The molecule has 0 bridgehead atoms. The van der Waals surface area contributed by atoms with Crippen LogP contribution in [0.25, 0.3) is 38.9 Å². The molecule has 2 aromatic heterocycles. The number of aromatic nitrogens is 4. The smallest absolute Gasteiger partial charge is 0.179 e. The standard InChI is InChI=1S/C59H48N8/c1-4-38-17-9-11-21-44(38)40-27-30-43(31-28-40)64-54-55(61-34-33-60-54)66-52-32-29-41(45-22-12-10-18-39(45)5-2)36-47(52)37(3)35-48-46-23-13-16-26-51(46)67-57-56(62-49-24-14-15-25-50(49)63-57)65(42-19-7-6-8-20-42)59(67)53(48)58(64)66/h6-34,36,48,53,58-59H,3-5,35H2,1-2H3. The van der Waals surface area contributed by atoms with Crippen LogP contribution in [0.2, 0.25) is 0 Å². The molecule has 4 unspecified atom stereocenters. The summed E-state index contributed by atoms with van der Waals surface area (Å²) in [7, 11) is 0. The topological polar surface area (TPSA) is 64.5 Å². The van der Waals surface area contributed by atoms with Crippen LogP contribution in [0.15, 0.2) is 189 Å². The fraction of sp³-hybridized carbons (Fsp3) is 0.153. The molecule has 8 nitrogen and oxygen atoms in total. The largest absolute Gasteiger partial charge is 0.301 e. The lowest BCUT2D eigenvalue weighted by molar-refractivity contribution is 0.289. The Labute approximate surface area is 391 Å². The van der Waals surface area contributed by atoms with Gasteiger partial charge in [0, 0.05) is 46.9 Å². The number of allylic oxidation sites excluding steroid dienone is 1. The number of benzene rings is 7. The van der Waals surface area contributed by atoms with Crippen molar-refractivity contribution in [1.29, 1.82) is 0 Å². The number of anilines is 8. The van der Waals surface area contributed by atoms with E-state index in [0.717, 1.165) is 87.5 Å². The zero-order chi connectivity index (χ0) is 44.8. The van der Waals surface area contributed by atoms with Crippen LogP contribution in [-0.4, -0.2) is 32.3 Å². The number of rotatable bonds is 6. The summed E-state index contributed by atoms with van der Waals surface area (Å²) in [5.74, 6) is 3.20. The van der Waals surface area contributed by atoms with Crippen LogP contribution in [0.4, 0.5) is 46.0 Å². The van der Waals surface area contributed by atoms with E-state index in [1.54, 1.807) is 0 Å². The maximum Gasteiger partial charge on any atom is 0.179 e. The molecular formula is C59H48N8. The average Bonchev–Trinajstić information content (AvgIpc) is 3.90. The van der Waals surface area contributed by atoms with Gasteiger partial charge in [-0.3, -0.25) is 0 Å². The minimum absolute atomic E-state index is 0.000332. The lowest BCUT2D eigenvalue weighted by Crippen LogP contribution is -2.60. The first kappa shape index (κ1) is 39.3. The third-order valence-corrected chi connectivity index (χ3v) is 14.6. The lowest BCUT2D eigenvalue weighted by Gasteiger charge is -2.52. The number of aryl methyl sites for hydroxylation is 2. The van der Waals surface area contributed by atoms with Gasteiger partial charge in [-0.15, -0.1) is 0 Å². The Morgan fingerprint density at radius 3 is 1.69 bits per heavy atom. The third-order valence-electron chi connectivity index (χ3n) is 14.6. The summed E-state index contributed by atoms with van der Waals surface area (Å²) < 4.78 is 0. The van der Waals surface area contributed by atoms with Gasteiger partial charge in [0.2, 0.25) is 0 Å². The molecule has 8 heteroatoms. The van der Waals surface area contributed by atoms with Crippen molar-refractivity contribution in [2.75, 3.05) is 19.6 Å². The molecule has 0 N–H and O–H groups in total. The lowest BCUT2D eigenvalue weighted by atomic mass is 9.71. The molecular weight excluding hydrogens is 821 g/mol. The predicted molar refractivity (Wildman–Crippen MR) is 273 cm³/mol. The first-order chi connectivity index (χ1) is 33.1. The highest BCUT2D eigenvalue weighted by molar-refractivity contribution is 5.95. The van der Waals surface area contributed by atoms with Gasteiger partial charge < -0.3 is 19.6 Å². The molecule has 6 heterocycles. The first-order valence-electron chi connectivity index (χ1n) is 23.6. The molecule has 13 rings (SSSR count). The van der Waals surface area contributed by atoms with E-state index in [9.17, 15) is 0 Å².